The fourth-order valence-corrected chi connectivity index (χ4v) is 3.31. The van der Waals surface area contributed by atoms with Gasteiger partial charge in [-0.15, -0.1) is 0 Å². The second kappa shape index (κ2) is 6.34. The Bertz CT molecular complexity index is 744. The molecule has 2 rings (SSSR count). The number of hydrogen-bond acceptors (Lipinski definition) is 3. The van der Waals surface area contributed by atoms with Crippen LogP contribution in [-0.4, -0.2) is 13.5 Å². The van der Waals surface area contributed by atoms with Gasteiger partial charge in [0.2, 0.25) is 10.0 Å². The molecule has 0 bridgehead atoms. The van der Waals surface area contributed by atoms with E-state index in [4.69, 9.17) is 0 Å². The van der Waals surface area contributed by atoms with Crippen LogP contribution >= 0.6 is 0 Å². The standard InChI is InChI=1S/C15H16FNO3S/c1-11-13(10-18)6-4-8-15(11)21(19,20)17-9-12-5-2-3-7-14(12)16/h2-8,17-18H,9-10H2,1H3. The Morgan fingerprint density at radius 1 is 1.10 bits per heavy atom. The number of nitrogens with one attached hydrogen (secondary N) is 1. The second-order valence-corrected chi connectivity index (χ2v) is 6.35. The summed E-state index contributed by atoms with van der Waals surface area (Å²) in [4.78, 5) is 0.0883. The van der Waals surface area contributed by atoms with E-state index >= 15 is 0 Å². The Balaban J connectivity index is 2.26. The van der Waals surface area contributed by atoms with Gasteiger partial charge < -0.3 is 5.11 Å². The van der Waals surface area contributed by atoms with Crippen LogP contribution in [0.25, 0.3) is 0 Å². The van der Waals surface area contributed by atoms with Crippen molar-refractivity contribution in [3.63, 3.8) is 0 Å². The van der Waals surface area contributed by atoms with Gasteiger partial charge in [0, 0.05) is 12.1 Å². The van der Waals surface area contributed by atoms with Crippen LogP contribution in [0.4, 0.5) is 4.39 Å². The molecule has 2 N–H and O–H groups in total. The van der Waals surface area contributed by atoms with Crippen molar-refractivity contribution in [2.75, 3.05) is 0 Å². The molecule has 21 heavy (non-hydrogen) atoms. The van der Waals surface area contributed by atoms with Crippen LogP contribution in [0, 0.1) is 12.7 Å². The molecule has 0 aromatic heterocycles. The van der Waals surface area contributed by atoms with Crippen molar-refractivity contribution in [2.24, 2.45) is 0 Å². The molecule has 0 unspecified atom stereocenters. The number of hydrogen-bond donors (Lipinski definition) is 2. The number of benzene rings is 2. The Hall–Kier alpha value is -1.76. The predicted octanol–water partition coefficient (Wildman–Crippen LogP) is 2.10. The Kier molecular flexibility index (Phi) is 4.72. The van der Waals surface area contributed by atoms with Gasteiger partial charge in [-0.1, -0.05) is 30.3 Å². The molecule has 0 saturated carbocycles. The van der Waals surface area contributed by atoms with Crippen molar-refractivity contribution >= 4 is 10.0 Å². The Labute approximate surface area is 123 Å². The first-order valence-corrected chi connectivity index (χ1v) is 7.86. The quantitative estimate of drug-likeness (QED) is 0.889. The minimum absolute atomic E-state index is 0.0883. The summed E-state index contributed by atoms with van der Waals surface area (Å²) in [6.07, 6.45) is 0. The summed E-state index contributed by atoms with van der Waals surface area (Å²) < 4.78 is 40.5. The van der Waals surface area contributed by atoms with E-state index in [0.717, 1.165) is 0 Å². The lowest BCUT2D eigenvalue weighted by Crippen LogP contribution is -2.24. The molecule has 0 aliphatic rings. The minimum Gasteiger partial charge on any atom is -0.392 e. The Morgan fingerprint density at radius 3 is 2.43 bits per heavy atom. The average Bonchev–Trinajstić information content (AvgIpc) is 2.46. The van der Waals surface area contributed by atoms with Gasteiger partial charge in [-0.25, -0.2) is 17.5 Å². The number of aliphatic hydroxyl groups is 1. The zero-order chi connectivity index (χ0) is 15.5. The molecule has 0 aliphatic carbocycles. The molecule has 0 heterocycles. The number of halogens is 1. The van der Waals surface area contributed by atoms with Crippen molar-refractivity contribution in [3.8, 4) is 0 Å². The zero-order valence-corrected chi connectivity index (χ0v) is 12.3. The van der Waals surface area contributed by atoms with E-state index in [-0.39, 0.29) is 23.6 Å². The van der Waals surface area contributed by atoms with E-state index in [9.17, 15) is 17.9 Å². The maximum atomic E-state index is 13.5. The summed E-state index contributed by atoms with van der Waals surface area (Å²) >= 11 is 0. The number of sulfonamides is 1. The van der Waals surface area contributed by atoms with Gasteiger partial charge in [-0.2, -0.15) is 0 Å². The number of rotatable bonds is 5. The zero-order valence-electron chi connectivity index (χ0n) is 11.5. The van der Waals surface area contributed by atoms with Gasteiger partial charge in [-0.3, -0.25) is 0 Å². The molecule has 4 nitrogen and oxygen atoms in total. The molecule has 112 valence electrons. The van der Waals surface area contributed by atoms with Gasteiger partial charge >= 0.3 is 0 Å². The number of aliphatic hydroxyl groups excluding tert-OH is 1. The summed E-state index contributed by atoms with van der Waals surface area (Å²) in [6.45, 7) is 1.27. The summed E-state index contributed by atoms with van der Waals surface area (Å²) in [6, 6.07) is 10.7. The first kappa shape index (κ1) is 15.6. The average molecular weight is 309 g/mol. The van der Waals surface area contributed by atoms with E-state index in [2.05, 4.69) is 4.72 Å². The largest absolute Gasteiger partial charge is 0.392 e. The molecule has 2 aromatic carbocycles. The van der Waals surface area contributed by atoms with Crippen molar-refractivity contribution in [2.45, 2.75) is 25.0 Å². The molecule has 0 spiro atoms. The van der Waals surface area contributed by atoms with Crippen LogP contribution in [-0.2, 0) is 23.2 Å². The highest BCUT2D eigenvalue weighted by atomic mass is 32.2. The minimum atomic E-state index is -3.77. The summed E-state index contributed by atoms with van der Waals surface area (Å²) in [5.74, 6) is -0.457. The lowest BCUT2D eigenvalue weighted by molar-refractivity contribution is 0.280. The van der Waals surface area contributed by atoms with Gasteiger partial charge in [0.05, 0.1) is 11.5 Å². The van der Waals surface area contributed by atoms with Crippen LogP contribution in [0.2, 0.25) is 0 Å². The van der Waals surface area contributed by atoms with Crippen LogP contribution < -0.4 is 4.72 Å². The van der Waals surface area contributed by atoms with E-state index in [0.29, 0.717) is 11.1 Å². The van der Waals surface area contributed by atoms with Gasteiger partial charge in [0.25, 0.3) is 0 Å². The lowest BCUT2D eigenvalue weighted by atomic mass is 10.1. The van der Waals surface area contributed by atoms with Crippen molar-refractivity contribution in [1.29, 1.82) is 0 Å². The third-order valence-electron chi connectivity index (χ3n) is 3.27. The molecule has 0 aliphatic heterocycles. The first-order chi connectivity index (χ1) is 9.95. The fraction of sp³-hybridized carbons (Fsp3) is 0.200. The normalized spacial score (nSPS) is 11.6. The third kappa shape index (κ3) is 3.47. The van der Waals surface area contributed by atoms with Crippen molar-refractivity contribution < 1.29 is 17.9 Å². The van der Waals surface area contributed by atoms with Crippen LogP contribution in [0.5, 0.6) is 0 Å². The maximum Gasteiger partial charge on any atom is 0.241 e. The molecule has 0 amide bonds. The SMILES string of the molecule is Cc1c(CO)cccc1S(=O)(=O)NCc1ccccc1F. The molecule has 0 atom stereocenters. The maximum absolute atomic E-state index is 13.5. The molecular formula is C15H16FNO3S. The van der Waals surface area contributed by atoms with E-state index < -0.39 is 15.8 Å². The van der Waals surface area contributed by atoms with Crippen molar-refractivity contribution in [3.05, 3.63) is 65.0 Å². The van der Waals surface area contributed by atoms with E-state index in [1.807, 2.05) is 0 Å². The Morgan fingerprint density at radius 2 is 1.76 bits per heavy atom. The lowest BCUT2D eigenvalue weighted by Gasteiger charge is -2.12. The van der Waals surface area contributed by atoms with Crippen molar-refractivity contribution in [1.82, 2.24) is 4.72 Å². The van der Waals surface area contributed by atoms with Gasteiger partial charge in [0.1, 0.15) is 5.82 Å². The smallest absolute Gasteiger partial charge is 0.241 e. The predicted molar refractivity (Wildman–Crippen MR) is 77.5 cm³/mol. The fourth-order valence-electron chi connectivity index (χ4n) is 2.01. The second-order valence-electron chi connectivity index (χ2n) is 4.61. The third-order valence-corrected chi connectivity index (χ3v) is 4.81. The molecule has 6 heteroatoms. The highest BCUT2D eigenvalue weighted by molar-refractivity contribution is 7.89. The van der Waals surface area contributed by atoms with Gasteiger partial charge in [0.15, 0.2) is 0 Å². The van der Waals surface area contributed by atoms with Crippen LogP contribution in [0.15, 0.2) is 47.4 Å². The van der Waals surface area contributed by atoms with E-state index in [1.165, 1.54) is 18.2 Å². The highest BCUT2D eigenvalue weighted by Gasteiger charge is 2.18. The van der Waals surface area contributed by atoms with E-state index in [1.54, 1.807) is 31.2 Å². The molecule has 2 aromatic rings. The monoisotopic (exact) mass is 309 g/mol. The van der Waals surface area contributed by atoms with Gasteiger partial charge in [-0.05, 0) is 30.2 Å². The van der Waals surface area contributed by atoms with Crippen LogP contribution in [0.3, 0.4) is 0 Å². The summed E-state index contributed by atoms with van der Waals surface area (Å²) in [5.41, 5.74) is 1.31. The molecule has 0 radical (unpaired) electrons. The highest BCUT2D eigenvalue weighted by Crippen LogP contribution is 2.19. The molecule has 0 saturated heterocycles. The summed E-state index contributed by atoms with van der Waals surface area (Å²) in [7, 11) is -3.77. The molecule has 0 fully saturated rings. The first-order valence-electron chi connectivity index (χ1n) is 6.38. The molecular weight excluding hydrogens is 293 g/mol. The topological polar surface area (TPSA) is 66.4 Å². The summed E-state index contributed by atoms with van der Waals surface area (Å²) in [5, 5.41) is 9.19. The van der Waals surface area contributed by atoms with Crippen LogP contribution in [0.1, 0.15) is 16.7 Å².